The van der Waals surface area contributed by atoms with Gasteiger partial charge in [0, 0.05) is 43.5 Å². The van der Waals surface area contributed by atoms with Crippen molar-refractivity contribution in [2.45, 2.75) is 31.3 Å². The minimum atomic E-state index is -1.11. The molecule has 184 valence electrons. The maximum absolute atomic E-state index is 15.0. The highest BCUT2D eigenvalue weighted by Gasteiger charge is 2.30. The van der Waals surface area contributed by atoms with Gasteiger partial charge in [-0.05, 0) is 37.2 Å². The van der Waals surface area contributed by atoms with Crippen molar-refractivity contribution in [2.75, 3.05) is 38.7 Å². The lowest BCUT2D eigenvalue weighted by atomic mass is 10.0. The van der Waals surface area contributed by atoms with Crippen molar-refractivity contribution in [2.24, 2.45) is 0 Å². The maximum atomic E-state index is 15.0. The molecule has 3 aromatic rings. The van der Waals surface area contributed by atoms with Crippen LogP contribution in [0.2, 0.25) is 0 Å². The second-order valence-electron chi connectivity index (χ2n) is 8.68. The Morgan fingerprint density at radius 2 is 2.20 bits per heavy atom. The van der Waals surface area contributed by atoms with E-state index in [9.17, 15) is 9.90 Å². The van der Waals surface area contributed by atoms with E-state index >= 15 is 4.39 Å². The fraction of sp³-hybridized carbons (Fsp3) is 0.417. The van der Waals surface area contributed by atoms with Crippen LogP contribution in [0.1, 0.15) is 23.8 Å². The summed E-state index contributed by atoms with van der Waals surface area (Å²) in [6.45, 7) is 1.47. The molecule has 2 aliphatic rings. The van der Waals surface area contributed by atoms with Gasteiger partial charge in [0.15, 0.2) is 18.2 Å². The number of anilines is 1. The summed E-state index contributed by atoms with van der Waals surface area (Å²) in [7, 11) is 1.54. The third kappa shape index (κ3) is 5.16. The van der Waals surface area contributed by atoms with Crippen LogP contribution in [0, 0.1) is 0 Å². The van der Waals surface area contributed by atoms with Crippen LogP contribution in [-0.2, 0) is 11.3 Å². The number of hydrogen-bond acceptors (Lipinski definition) is 9. The molecule has 2 aliphatic heterocycles. The lowest BCUT2D eigenvalue weighted by molar-refractivity contribution is -0.118. The Labute approximate surface area is 201 Å². The third-order valence-corrected chi connectivity index (χ3v) is 6.29. The zero-order valence-electron chi connectivity index (χ0n) is 19.3. The van der Waals surface area contributed by atoms with Gasteiger partial charge in [-0.3, -0.25) is 14.7 Å². The van der Waals surface area contributed by atoms with Crippen LogP contribution in [0.4, 0.5) is 10.2 Å². The number of ether oxygens (including phenoxy) is 2. The number of pyridine rings is 3. The van der Waals surface area contributed by atoms with Crippen molar-refractivity contribution in [1.82, 2.24) is 25.2 Å². The lowest BCUT2D eigenvalue weighted by Gasteiger charge is -2.36. The molecule has 2 unspecified atom stereocenters. The number of alkyl halides is 1. The number of nitrogens with one attached hydrogen (secondary N) is 2. The maximum Gasteiger partial charge on any atom is 0.263 e. The minimum Gasteiger partial charge on any atom is -0.481 e. The molecule has 0 saturated carbocycles. The van der Waals surface area contributed by atoms with Gasteiger partial charge < -0.3 is 25.2 Å². The molecule has 5 rings (SSSR count). The van der Waals surface area contributed by atoms with E-state index in [1.807, 2.05) is 4.90 Å². The van der Waals surface area contributed by atoms with Crippen LogP contribution in [0.3, 0.4) is 0 Å². The Bertz CT molecular complexity index is 1230. The highest BCUT2D eigenvalue weighted by Crippen LogP contribution is 2.27. The van der Waals surface area contributed by atoms with Crippen molar-refractivity contribution in [3.05, 3.63) is 47.8 Å². The summed E-state index contributed by atoms with van der Waals surface area (Å²) >= 11 is 0. The standard InChI is InChI=1S/C24H27FN6O4/c1-34-22-5-3-18-23(30-22)15(6-8-26-18)19(32)12-31-9-7-17(16(25)11-31)27-10-14-2-4-20-24(28-14)29-21(33)13-35-20/h2-6,8,16-17,19,27,32H,7,9-13H2,1H3,(H,28,29,33)/t16?,17?,19-/m0/s1. The molecule has 5 heterocycles. The molecule has 1 amide bonds. The molecule has 0 spiro atoms. The van der Waals surface area contributed by atoms with Crippen molar-refractivity contribution in [3.8, 4) is 11.6 Å². The highest BCUT2D eigenvalue weighted by atomic mass is 19.1. The van der Waals surface area contributed by atoms with E-state index in [4.69, 9.17) is 9.47 Å². The average Bonchev–Trinajstić information content (AvgIpc) is 2.87. The zero-order valence-corrected chi connectivity index (χ0v) is 19.3. The Morgan fingerprint density at radius 1 is 1.31 bits per heavy atom. The van der Waals surface area contributed by atoms with E-state index in [-0.39, 0.29) is 31.6 Å². The smallest absolute Gasteiger partial charge is 0.263 e. The summed E-state index contributed by atoms with van der Waals surface area (Å²) < 4.78 is 25.5. The number of methoxy groups -OCH3 is 1. The summed E-state index contributed by atoms with van der Waals surface area (Å²) in [5, 5.41) is 16.8. The molecule has 1 saturated heterocycles. The van der Waals surface area contributed by atoms with E-state index in [2.05, 4.69) is 25.6 Å². The number of amides is 1. The van der Waals surface area contributed by atoms with Gasteiger partial charge in [-0.1, -0.05) is 0 Å². The number of hydrogen-bond donors (Lipinski definition) is 3. The lowest BCUT2D eigenvalue weighted by Crippen LogP contribution is -2.51. The molecule has 35 heavy (non-hydrogen) atoms. The monoisotopic (exact) mass is 482 g/mol. The largest absolute Gasteiger partial charge is 0.481 e. The molecule has 0 radical (unpaired) electrons. The Balaban J connectivity index is 1.17. The number of carbonyl (C=O) groups is 1. The molecule has 0 aliphatic carbocycles. The minimum absolute atomic E-state index is 0.0226. The normalized spacial score (nSPS) is 21.2. The first-order valence-electron chi connectivity index (χ1n) is 11.5. The van der Waals surface area contributed by atoms with Gasteiger partial charge in [0.05, 0.1) is 29.9 Å². The van der Waals surface area contributed by atoms with Crippen LogP contribution < -0.4 is 20.1 Å². The SMILES string of the molecule is COc1ccc2nccc([C@@H](O)CN3CCC(NCc4ccc5c(n4)NC(=O)CO5)C(F)C3)c2n1. The molecule has 3 aromatic heterocycles. The fourth-order valence-electron chi connectivity index (χ4n) is 4.45. The molecule has 3 N–H and O–H groups in total. The Hall–Kier alpha value is -3.41. The summed E-state index contributed by atoms with van der Waals surface area (Å²) in [5.74, 6) is 1.11. The van der Waals surface area contributed by atoms with E-state index in [0.717, 1.165) is 0 Å². The number of fused-ring (bicyclic) bond motifs is 2. The van der Waals surface area contributed by atoms with E-state index in [1.165, 1.54) is 7.11 Å². The molecule has 1 fully saturated rings. The summed E-state index contributed by atoms with van der Waals surface area (Å²) in [4.78, 5) is 26.5. The van der Waals surface area contributed by atoms with Crippen LogP contribution in [0.5, 0.6) is 11.6 Å². The van der Waals surface area contributed by atoms with Crippen molar-refractivity contribution >= 4 is 22.8 Å². The number of aromatic nitrogens is 3. The first-order valence-corrected chi connectivity index (χ1v) is 11.5. The van der Waals surface area contributed by atoms with Gasteiger partial charge in [0.2, 0.25) is 5.88 Å². The zero-order chi connectivity index (χ0) is 24.4. The number of rotatable bonds is 7. The van der Waals surface area contributed by atoms with Crippen LogP contribution in [0.25, 0.3) is 11.0 Å². The van der Waals surface area contributed by atoms with Crippen LogP contribution >= 0.6 is 0 Å². The quantitative estimate of drug-likeness (QED) is 0.461. The summed E-state index contributed by atoms with van der Waals surface area (Å²) in [6, 6.07) is 8.47. The van der Waals surface area contributed by atoms with Crippen molar-refractivity contribution < 1.29 is 23.8 Å². The number of piperidine rings is 1. The predicted octanol–water partition coefficient (Wildman–Crippen LogP) is 1.60. The second kappa shape index (κ2) is 10.1. The highest BCUT2D eigenvalue weighted by molar-refractivity contribution is 5.94. The molecule has 0 bridgehead atoms. The van der Waals surface area contributed by atoms with Gasteiger partial charge in [0.1, 0.15) is 6.17 Å². The molecule has 11 heteroatoms. The number of halogens is 1. The molecular weight excluding hydrogens is 455 g/mol. The second-order valence-corrected chi connectivity index (χ2v) is 8.68. The fourth-order valence-corrected chi connectivity index (χ4v) is 4.45. The molecule has 3 atom stereocenters. The van der Waals surface area contributed by atoms with Crippen molar-refractivity contribution in [3.63, 3.8) is 0 Å². The predicted molar refractivity (Wildman–Crippen MR) is 126 cm³/mol. The van der Waals surface area contributed by atoms with Gasteiger partial charge in [-0.25, -0.2) is 14.4 Å². The Kier molecular flexibility index (Phi) is 6.71. The first-order chi connectivity index (χ1) is 17.0. The first kappa shape index (κ1) is 23.3. The van der Waals surface area contributed by atoms with E-state index in [0.29, 0.717) is 59.2 Å². The number of aliphatic hydroxyl groups is 1. The molecule has 10 nitrogen and oxygen atoms in total. The van der Waals surface area contributed by atoms with Crippen molar-refractivity contribution in [1.29, 1.82) is 0 Å². The molecular formula is C24H27FN6O4. The number of carbonyl (C=O) groups excluding carboxylic acids is 1. The number of β-amino-alcohol motifs (C(OH)–C–C–N with tert-alkyl or cyclic N) is 1. The summed E-state index contributed by atoms with van der Waals surface area (Å²) in [5.41, 5.74) is 2.56. The van der Waals surface area contributed by atoms with E-state index in [1.54, 1.807) is 36.5 Å². The number of likely N-dealkylation sites (tertiary alicyclic amines) is 1. The average molecular weight is 483 g/mol. The Morgan fingerprint density at radius 3 is 3.03 bits per heavy atom. The van der Waals surface area contributed by atoms with Gasteiger partial charge >= 0.3 is 0 Å². The summed E-state index contributed by atoms with van der Waals surface area (Å²) in [6.07, 6.45) is 0.273. The van der Waals surface area contributed by atoms with E-state index < -0.39 is 12.3 Å². The molecule has 0 aromatic carbocycles. The van der Waals surface area contributed by atoms with Gasteiger partial charge in [-0.15, -0.1) is 0 Å². The van der Waals surface area contributed by atoms with Crippen LogP contribution in [0.15, 0.2) is 36.5 Å². The third-order valence-electron chi connectivity index (χ3n) is 6.29. The topological polar surface area (TPSA) is 122 Å². The number of nitrogens with zero attached hydrogens (tertiary/aromatic N) is 4. The van der Waals surface area contributed by atoms with Gasteiger partial charge in [0.25, 0.3) is 5.91 Å². The van der Waals surface area contributed by atoms with Gasteiger partial charge in [-0.2, -0.15) is 0 Å². The number of aliphatic hydroxyl groups excluding tert-OH is 1. The van der Waals surface area contributed by atoms with Crippen LogP contribution in [-0.4, -0.2) is 76.4 Å².